The fourth-order valence-electron chi connectivity index (χ4n) is 7.40. The van der Waals surface area contributed by atoms with Crippen molar-refractivity contribution in [2.75, 3.05) is 0 Å². The van der Waals surface area contributed by atoms with Gasteiger partial charge in [-0.25, -0.2) is 15.0 Å². The fourth-order valence-corrected chi connectivity index (χ4v) is 7.40. The van der Waals surface area contributed by atoms with Crippen LogP contribution in [0.5, 0.6) is 0 Å². The van der Waals surface area contributed by atoms with Crippen molar-refractivity contribution in [3.63, 3.8) is 0 Å². The smallest absolute Gasteiger partial charge is 0.164 e. The van der Waals surface area contributed by atoms with Gasteiger partial charge in [0, 0.05) is 33.2 Å². The van der Waals surface area contributed by atoms with E-state index in [4.69, 9.17) is 15.0 Å². The summed E-state index contributed by atoms with van der Waals surface area (Å²) in [7, 11) is 0. The Morgan fingerprint density at radius 1 is 0.463 bits per heavy atom. The highest BCUT2D eigenvalue weighted by Crippen LogP contribution is 2.43. The van der Waals surface area contributed by atoms with Crippen LogP contribution in [-0.2, 0) is 0 Å². The van der Waals surface area contributed by atoms with Crippen molar-refractivity contribution >= 4 is 54.1 Å². The van der Waals surface area contributed by atoms with E-state index in [1.807, 2.05) is 93.6 Å². The molecule has 0 radical (unpaired) electrons. The maximum Gasteiger partial charge on any atom is 0.164 e. The Morgan fingerprint density at radius 3 is 1.65 bits per heavy atom. The predicted molar refractivity (Wildman–Crippen MR) is 231 cm³/mol. The second-order valence-electron chi connectivity index (χ2n) is 12.8. The van der Waals surface area contributed by atoms with Gasteiger partial charge in [0.05, 0.1) is 11.0 Å². The van der Waals surface area contributed by atoms with Crippen molar-refractivity contribution in [3.05, 3.63) is 183 Å². The molecule has 260 valence electrons. The number of aromatic nitrogens is 4. The summed E-state index contributed by atoms with van der Waals surface area (Å²) in [5.74, 6) is 1.95. The first-order valence-electron chi connectivity index (χ1n) is 18.5. The molecule has 0 aliphatic rings. The molecule has 10 aromatic rings. The van der Waals surface area contributed by atoms with Gasteiger partial charge < -0.3 is 4.57 Å². The van der Waals surface area contributed by atoms with E-state index < -0.39 is 0 Å². The fraction of sp³-hybridized carbons (Fsp3) is 0.0600. The van der Waals surface area contributed by atoms with Gasteiger partial charge in [0.2, 0.25) is 0 Å². The number of benzene rings is 8. The van der Waals surface area contributed by atoms with Gasteiger partial charge in [0.1, 0.15) is 0 Å². The van der Waals surface area contributed by atoms with E-state index in [1.165, 1.54) is 54.1 Å². The van der Waals surface area contributed by atoms with Crippen molar-refractivity contribution in [2.45, 2.75) is 20.8 Å². The molecular weight excluding hydrogens is 657 g/mol. The molecule has 8 aromatic carbocycles. The third-order valence-corrected chi connectivity index (χ3v) is 9.67. The normalized spacial score (nSPS) is 11.2. The van der Waals surface area contributed by atoms with Crippen LogP contribution in [-0.4, -0.2) is 19.5 Å². The lowest BCUT2D eigenvalue weighted by Gasteiger charge is -2.14. The molecule has 0 unspecified atom stereocenters. The highest BCUT2D eigenvalue weighted by molar-refractivity contribution is 6.33. The van der Waals surface area contributed by atoms with Gasteiger partial charge in [0.25, 0.3) is 0 Å². The number of para-hydroxylation sites is 1. The lowest BCUT2D eigenvalue weighted by Crippen LogP contribution is -2.01. The molecule has 10 rings (SSSR count). The topological polar surface area (TPSA) is 43.6 Å². The Kier molecular flexibility index (Phi) is 9.49. The first-order valence-corrected chi connectivity index (χ1v) is 18.5. The summed E-state index contributed by atoms with van der Waals surface area (Å²) in [6.45, 7) is 9.42. The van der Waals surface area contributed by atoms with Gasteiger partial charge in [-0.3, -0.25) is 0 Å². The third kappa shape index (κ3) is 6.08. The molecule has 0 saturated heterocycles. The van der Waals surface area contributed by atoms with Crippen LogP contribution >= 0.6 is 0 Å². The van der Waals surface area contributed by atoms with E-state index in [-0.39, 0.29) is 0 Å². The molecule has 54 heavy (non-hydrogen) atoms. The molecule has 4 heteroatoms. The van der Waals surface area contributed by atoms with E-state index in [2.05, 4.69) is 108 Å². The van der Waals surface area contributed by atoms with Gasteiger partial charge in [-0.1, -0.05) is 172 Å². The highest BCUT2D eigenvalue weighted by atomic mass is 15.0. The summed E-state index contributed by atoms with van der Waals surface area (Å²) < 4.78 is 2.39. The van der Waals surface area contributed by atoms with E-state index in [1.54, 1.807) is 6.08 Å². The first kappa shape index (κ1) is 34.2. The molecule has 2 aromatic heterocycles. The molecule has 0 atom stereocenters. The largest absolute Gasteiger partial charge is 0.309 e. The molecular formula is C50H40N4. The molecule has 0 N–H and O–H groups in total. The van der Waals surface area contributed by atoms with Crippen LogP contribution in [0.1, 0.15) is 20.8 Å². The van der Waals surface area contributed by atoms with Crippen LogP contribution in [0.15, 0.2) is 183 Å². The van der Waals surface area contributed by atoms with Crippen LogP contribution in [0, 0.1) is 0 Å². The lowest BCUT2D eigenvalue weighted by atomic mass is 9.92. The second kappa shape index (κ2) is 15.0. The van der Waals surface area contributed by atoms with Gasteiger partial charge in [-0.05, 0) is 63.5 Å². The molecule has 2 heterocycles. The Hall–Kier alpha value is -6.91. The lowest BCUT2D eigenvalue weighted by molar-refractivity contribution is 1.07. The number of fused-ring (bicyclic) bond motifs is 4. The Bertz CT molecular complexity index is 2850. The van der Waals surface area contributed by atoms with Crippen molar-refractivity contribution in [3.8, 4) is 39.9 Å². The summed E-state index contributed by atoms with van der Waals surface area (Å²) in [4.78, 5) is 14.9. The van der Waals surface area contributed by atoms with Gasteiger partial charge in [-0.2, -0.15) is 0 Å². The summed E-state index contributed by atoms with van der Waals surface area (Å²) in [6.07, 6.45) is 5.58. The van der Waals surface area contributed by atoms with Crippen molar-refractivity contribution in [1.29, 1.82) is 0 Å². The minimum atomic E-state index is 0.641. The van der Waals surface area contributed by atoms with Crippen LogP contribution < -0.4 is 0 Å². The Morgan fingerprint density at radius 2 is 1.02 bits per heavy atom. The average Bonchev–Trinajstić information content (AvgIpc) is 3.58. The van der Waals surface area contributed by atoms with Gasteiger partial charge >= 0.3 is 0 Å². The Labute approximate surface area is 315 Å². The number of allylic oxidation sites excluding steroid dienone is 3. The van der Waals surface area contributed by atoms with E-state index in [0.29, 0.717) is 17.5 Å². The molecule has 0 aliphatic heterocycles. The van der Waals surface area contributed by atoms with E-state index in [9.17, 15) is 0 Å². The maximum atomic E-state index is 5.01. The monoisotopic (exact) mass is 696 g/mol. The van der Waals surface area contributed by atoms with Crippen LogP contribution in [0.25, 0.3) is 94.0 Å². The van der Waals surface area contributed by atoms with Gasteiger partial charge in [0.15, 0.2) is 17.5 Å². The van der Waals surface area contributed by atoms with Crippen LogP contribution in [0.4, 0.5) is 0 Å². The third-order valence-electron chi connectivity index (χ3n) is 9.67. The summed E-state index contributed by atoms with van der Waals surface area (Å²) >= 11 is 0. The molecule has 0 bridgehead atoms. The van der Waals surface area contributed by atoms with Crippen LogP contribution in [0.2, 0.25) is 0 Å². The van der Waals surface area contributed by atoms with Crippen molar-refractivity contribution in [1.82, 2.24) is 19.5 Å². The number of hydrogen-bond donors (Lipinski definition) is 0. The molecule has 0 aliphatic carbocycles. The minimum Gasteiger partial charge on any atom is -0.309 e. The SMILES string of the molecule is C=C/C=C\C.CC.c1ccc(-c2nc(-c3ccccc3)nc(-c3cccc(-n4c5ccccc5c5c6ccc7cccc8ccc(cc54)c6c87)c3)n2)cc1. The van der Waals surface area contributed by atoms with E-state index >= 15 is 0 Å². The number of hydrogen-bond acceptors (Lipinski definition) is 3. The van der Waals surface area contributed by atoms with Crippen LogP contribution in [0.3, 0.4) is 0 Å². The summed E-state index contributed by atoms with van der Waals surface area (Å²) in [5.41, 5.74) is 6.25. The number of rotatable bonds is 5. The first-order chi connectivity index (χ1) is 26.7. The quantitative estimate of drug-likeness (QED) is 0.133. The molecule has 0 amide bonds. The second-order valence-corrected chi connectivity index (χ2v) is 12.8. The predicted octanol–water partition coefficient (Wildman–Crippen LogP) is 13.6. The highest BCUT2D eigenvalue weighted by Gasteiger charge is 2.19. The standard InChI is InChI=1S/C43H26N4.C5H8.C2H6/c1-3-11-29(12-4-1)41-44-42(30-13-5-2-6-14-30)46-43(45-41)32-17-10-18-33(25-32)47-36-20-8-7-19-34(36)40-35-24-23-28-16-9-15-27-21-22-31(26-37(40)47)39(35)38(27)28;1-3-5-4-2;1-2/h1-26H;3-5H,1H2,2H3;1-2H3/b;5-4-;. The zero-order chi connectivity index (χ0) is 37.0. The van der Waals surface area contributed by atoms with Crippen molar-refractivity contribution in [2.24, 2.45) is 0 Å². The van der Waals surface area contributed by atoms with E-state index in [0.717, 1.165) is 22.4 Å². The zero-order valence-electron chi connectivity index (χ0n) is 30.7. The molecule has 0 saturated carbocycles. The Balaban J connectivity index is 0.000000549. The summed E-state index contributed by atoms with van der Waals surface area (Å²) in [6, 6.07) is 55.6. The molecule has 4 nitrogen and oxygen atoms in total. The van der Waals surface area contributed by atoms with Gasteiger partial charge in [-0.15, -0.1) is 0 Å². The minimum absolute atomic E-state index is 0.641. The zero-order valence-corrected chi connectivity index (χ0v) is 30.7. The average molecular weight is 697 g/mol. The van der Waals surface area contributed by atoms with Crippen molar-refractivity contribution < 1.29 is 0 Å². The summed E-state index contributed by atoms with van der Waals surface area (Å²) in [5, 5.41) is 10.3. The molecule has 0 fully saturated rings. The molecule has 0 spiro atoms. The maximum absolute atomic E-state index is 5.01. The number of nitrogens with zero attached hydrogens (tertiary/aromatic N) is 4.